The van der Waals surface area contributed by atoms with Gasteiger partial charge in [0.25, 0.3) is 0 Å². The lowest BCUT2D eigenvalue weighted by Crippen LogP contribution is -2.44. The summed E-state index contributed by atoms with van der Waals surface area (Å²) in [5, 5.41) is 11.2. The molecule has 1 heterocycles. The molecule has 1 aliphatic heterocycles. The van der Waals surface area contributed by atoms with E-state index in [9.17, 15) is 9.59 Å². The zero-order chi connectivity index (χ0) is 12.3. The van der Waals surface area contributed by atoms with Crippen molar-refractivity contribution in [2.24, 2.45) is 11.8 Å². The first-order valence-electron chi connectivity index (χ1n) is 5.58. The Labute approximate surface area is 95.2 Å². The highest BCUT2D eigenvalue weighted by atomic mass is 16.5. The molecule has 0 radical (unpaired) electrons. The Morgan fingerprint density at radius 1 is 1.38 bits per heavy atom. The minimum atomic E-state index is -1.02. The van der Waals surface area contributed by atoms with Crippen molar-refractivity contribution in [2.75, 3.05) is 6.61 Å². The number of carboxylic acid groups (broad SMARTS) is 1. The summed E-state index contributed by atoms with van der Waals surface area (Å²) in [5.74, 6) is -1.19. The van der Waals surface area contributed by atoms with E-state index < -0.39 is 12.0 Å². The molecule has 0 aromatic carbocycles. The van der Waals surface area contributed by atoms with Crippen LogP contribution in [0.1, 0.15) is 27.2 Å². The summed E-state index contributed by atoms with van der Waals surface area (Å²) in [7, 11) is 0. The van der Waals surface area contributed by atoms with E-state index in [0.29, 0.717) is 13.0 Å². The molecule has 3 unspecified atom stereocenters. The lowest BCUT2D eigenvalue weighted by atomic mass is 9.92. The van der Waals surface area contributed by atoms with E-state index in [-0.39, 0.29) is 23.8 Å². The van der Waals surface area contributed by atoms with Gasteiger partial charge in [0.05, 0.1) is 12.0 Å². The maximum atomic E-state index is 11.8. The molecule has 1 rings (SSSR count). The van der Waals surface area contributed by atoms with E-state index in [1.54, 1.807) is 0 Å². The van der Waals surface area contributed by atoms with E-state index in [2.05, 4.69) is 5.32 Å². The van der Waals surface area contributed by atoms with Gasteiger partial charge < -0.3 is 15.2 Å². The van der Waals surface area contributed by atoms with Gasteiger partial charge in [-0.1, -0.05) is 13.8 Å². The third-order valence-electron chi connectivity index (χ3n) is 2.86. The number of carbonyl (C=O) groups is 2. The van der Waals surface area contributed by atoms with E-state index in [0.717, 1.165) is 0 Å². The molecule has 0 saturated carbocycles. The first-order chi connectivity index (χ1) is 7.43. The minimum absolute atomic E-state index is 0.0963. The Morgan fingerprint density at radius 2 is 2.00 bits per heavy atom. The molecule has 2 N–H and O–H groups in total. The van der Waals surface area contributed by atoms with Crippen molar-refractivity contribution in [1.82, 2.24) is 5.32 Å². The second-order valence-corrected chi connectivity index (χ2v) is 4.54. The fourth-order valence-electron chi connectivity index (χ4n) is 1.93. The molecule has 92 valence electrons. The number of aliphatic carboxylic acids is 1. The highest BCUT2D eigenvalue weighted by molar-refractivity contribution is 5.85. The van der Waals surface area contributed by atoms with Crippen molar-refractivity contribution in [3.63, 3.8) is 0 Å². The first kappa shape index (κ1) is 13.0. The van der Waals surface area contributed by atoms with Crippen LogP contribution in [-0.2, 0) is 14.3 Å². The molecule has 1 fully saturated rings. The molecule has 1 aliphatic rings. The van der Waals surface area contributed by atoms with E-state index in [1.807, 2.05) is 13.8 Å². The molecule has 0 aromatic heterocycles. The molecule has 1 saturated heterocycles. The average molecular weight is 229 g/mol. The van der Waals surface area contributed by atoms with Gasteiger partial charge in [-0.05, 0) is 19.3 Å². The van der Waals surface area contributed by atoms with Gasteiger partial charge in [-0.25, -0.2) is 0 Å². The minimum Gasteiger partial charge on any atom is -0.480 e. The predicted octanol–water partition coefficient (Wildman–Crippen LogP) is 0.637. The topological polar surface area (TPSA) is 75.6 Å². The summed E-state index contributed by atoms with van der Waals surface area (Å²) >= 11 is 0. The van der Waals surface area contributed by atoms with Crippen molar-refractivity contribution in [3.05, 3.63) is 0 Å². The Bertz CT molecular complexity index is 277. The van der Waals surface area contributed by atoms with Gasteiger partial charge in [0, 0.05) is 6.61 Å². The Kier molecular flexibility index (Phi) is 4.29. The molecule has 0 bridgehead atoms. The maximum Gasteiger partial charge on any atom is 0.325 e. The quantitative estimate of drug-likeness (QED) is 0.741. The van der Waals surface area contributed by atoms with E-state index in [1.165, 1.54) is 6.92 Å². The summed E-state index contributed by atoms with van der Waals surface area (Å²) in [5.41, 5.74) is 0. The smallest absolute Gasteiger partial charge is 0.325 e. The van der Waals surface area contributed by atoms with Gasteiger partial charge in [0.1, 0.15) is 6.04 Å². The second-order valence-electron chi connectivity index (χ2n) is 4.54. The third kappa shape index (κ3) is 2.95. The van der Waals surface area contributed by atoms with E-state index in [4.69, 9.17) is 9.84 Å². The van der Waals surface area contributed by atoms with Crippen molar-refractivity contribution in [1.29, 1.82) is 0 Å². The van der Waals surface area contributed by atoms with Crippen LogP contribution in [-0.4, -0.2) is 35.7 Å². The van der Waals surface area contributed by atoms with Crippen LogP contribution in [0, 0.1) is 11.8 Å². The molecule has 16 heavy (non-hydrogen) atoms. The molecular weight excluding hydrogens is 210 g/mol. The number of amides is 1. The normalized spacial score (nSPS) is 26.8. The molecule has 3 atom stereocenters. The van der Waals surface area contributed by atoms with Crippen LogP contribution in [0.5, 0.6) is 0 Å². The van der Waals surface area contributed by atoms with Crippen LogP contribution in [0.4, 0.5) is 0 Å². The van der Waals surface area contributed by atoms with Crippen molar-refractivity contribution >= 4 is 11.9 Å². The molecule has 0 spiro atoms. The third-order valence-corrected chi connectivity index (χ3v) is 2.86. The van der Waals surface area contributed by atoms with E-state index >= 15 is 0 Å². The number of ether oxygens (including phenoxy) is 1. The predicted molar refractivity (Wildman–Crippen MR) is 57.9 cm³/mol. The molecular formula is C11H19NO4. The zero-order valence-electron chi connectivity index (χ0n) is 9.90. The Balaban J connectivity index is 2.56. The average Bonchev–Trinajstić information content (AvgIpc) is 2.65. The summed E-state index contributed by atoms with van der Waals surface area (Å²) in [6.07, 6.45) is 0.571. The van der Waals surface area contributed by atoms with Crippen molar-refractivity contribution < 1.29 is 19.4 Å². The Hall–Kier alpha value is -1.10. The SMILES string of the molecule is CC(NC(=O)C1CCOC1C(C)C)C(=O)O. The summed E-state index contributed by atoms with van der Waals surface area (Å²) < 4.78 is 5.48. The lowest BCUT2D eigenvalue weighted by Gasteiger charge is -2.22. The number of hydrogen-bond donors (Lipinski definition) is 2. The fraction of sp³-hybridized carbons (Fsp3) is 0.818. The van der Waals surface area contributed by atoms with Crippen LogP contribution in [0.2, 0.25) is 0 Å². The van der Waals surface area contributed by atoms with Gasteiger partial charge in [-0.2, -0.15) is 0 Å². The highest BCUT2D eigenvalue weighted by Crippen LogP contribution is 2.26. The van der Waals surface area contributed by atoms with Gasteiger partial charge >= 0.3 is 5.97 Å². The number of carboxylic acids is 1. The number of rotatable bonds is 4. The largest absolute Gasteiger partial charge is 0.480 e. The number of carbonyl (C=O) groups excluding carboxylic acids is 1. The standard InChI is InChI=1S/C11H19NO4/c1-6(2)9-8(4-5-16-9)10(13)12-7(3)11(14)15/h6-9H,4-5H2,1-3H3,(H,12,13)(H,14,15). The molecule has 0 aliphatic carbocycles. The van der Waals surface area contributed by atoms with Crippen molar-refractivity contribution in [2.45, 2.75) is 39.3 Å². The van der Waals surface area contributed by atoms with Crippen LogP contribution in [0.15, 0.2) is 0 Å². The molecule has 0 aromatic rings. The van der Waals surface area contributed by atoms with Gasteiger partial charge in [0.2, 0.25) is 5.91 Å². The zero-order valence-corrected chi connectivity index (χ0v) is 9.90. The van der Waals surface area contributed by atoms with Gasteiger partial charge in [-0.3, -0.25) is 9.59 Å². The lowest BCUT2D eigenvalue weighted by molar-refractivity contribution is -0.142. The number of hydrogen-bond acceptors (Lipinski definition) is 3. The van der Waals surface area contributed by atoms with Crippen LogP contribution >= 0.6 is 0 Å². The molecule has 5 nitrogen and oxygen atoms in total. The maximum absolute atomic E-state index is 11.8. The monoisotopic (exact) mass is 229 g/mol. The molecule has 1 amide bonds. The fourth-order valence-corrected chi connectivity index (χ4v) is 1.93. The van der Waals surface area contributed by atoms with Gasteiger partial charge in [-0.15, -0.1) is 0 Å². The summed E-state index contributed by atoms with van der Waals surface area (Å²) in [6.45, 7) is 6.02. The Morgan fingerprint density at radius 3 is 2.50 bits per heavy atom. The summed E-state index contributed by atoms with van der Waals surface area (Å²) in [4.78, 5) is 22.4. The first-order valence-corrected chi connectivity index (χ1v) is 5.58. The van der Waals surface area contributed by atoms with Crippen molar-refractivity contribution in [3.8, 4) is 0 Å². The van der Waals surface area contributed by atoms with Crippen LogP contribution < -0.4 is 5.32 Å². The number of nitrogens with one attached hydrogen (secondary N) is 1. The van der Waals surface area contributed by atoms with Gasteiger partial charge in [0.15, 0.2) is 0 Å². The van der Waals surface area contributed by atoms with Crippen LogP contribution in [0.3, 0.4) is 0 Å². The van der Waals surface area contributed by atoms with Crippen LogP contribution in [0.25, 0.3) is 0 Å². The second kappa shape index (κ2) is 5.30. The highest BCUT2D eigenvalue weighted by Gasteiger charge is 2.36. The molecule has 5 heteroatoms. The summed E-state index contributed by atoms with van der Waals surface area (Å²) in [6, 6.07) is -0.846.